The second kappa shape index (κ2) is 7.25. The Morgan fingerprint density at radius 2 is 2.12 bits per heavy atom. The molecule has 0 aliphatic rings. The van der Waals surface area contributed by atoms with Crippen molar-refractivity contribution in [2.75, 3.05) is 0 Å². The second-order valence-electron chi connectivity index (χ2n) is 6.23. The number of carbonyl (C=O) groups is 1. The fourth-order valence-corrected chi connectivity index (χ4v) is 3.76. The quantitative estimate of drug-likeness (QED) is 0.487. The van der Waals surface area contributed by atoms with Crippen molar-refractivity contribution in [1.82, 2.24) is 4.57 Å². The number of aryl methyl sites for hydroxylation is 1. The standard InChI is InChI=1S/C18H19N3O4S/c1-4-9-20-13-6-5-12(11(2)3)10-15(13)26-18(20)19-17(22)14-7-8-16(25-14)21(23)24/h5-8,10-11H,4,9H2,1-3H3. The Morgan fingerprint density at radius 3 is 2.73 bits per heavy atom. The lowest BCUT2D eigenvalue weighted by molar-refractivity contribution is -0.402. The zero-order valence-corrected chi connectivity index (χ0v) is 15.6. The first-order valence-corrected chi connectivity index (χ1v) is 9.19. The maximum absolute atomic E-state index is 12.4. The van der Waals surface area contributed by atoms with Crippen molar-refractivity contribution in [2.45, 2.75) is 39.7 Å². The van der Waals surface area contributed by atoms with E-state index in [1.807, 2.05) is 4.57 Å². The summed E-state index contributed by atoms with van der Waals surface area (Å²) >= 11 is 1.43. The van der Waals surface area contributed by atoms with Crippen molar-refractivity contribution < 1.29 is 14.1 Å². The number of furan rings is 1. The van der Waals surface area contributed by atoms with Gasteiger partial charge in [-0.3, -0.25) is 14.9 Å². The van der Waals surface area contributed by atoms with Gasteiger partial charge in [0.25, 0.3) is 0 Å². The highest BCUT2D eigenvalue weighted by molar-refractivity contribution is 7.16. The summed E-state index contributed by atoms with van der Waals surface area (Å²) in [5.74, 6) is -0.826. The number of nitrogens with zero attached hydrogens (tertiary/aromatic N) is 3. The van der Waals surface area contributed by atoms with Gasteiger partial charge in [0.1, 0.15) is 4.92 Å². The van der Waals surface area contributed by atoms with Crippen LogP contribution in [-0.2, 0) is 6.54 Å². The van der Waals surface area contributed by atoms with E-state index in [9.17, 15) is 14.9 Å². The summed E-state index contributed by atoms with van der Waals surface area (Å²) in [4.78, 5) is 27.1. The van der Waals surface area contributed by atoms with Crippen LogP contribution in [0, 0.1) is 10.1 Å². The third kappa shape index (κ3) is 3.45. The van der Waals surface area contributed by atoms with E-state index in [2.05, 4.69) is 44.0 Å². The molecule has 136 valence electrons. The molecule has 0 spiro atoms. The van der Waals surface area contributed by atoms with Crippen molar-refractivity contribution in [1.29, 1.82) is 0 Å². The minimum Gasteiger partial charge on any atom is -0.395 e. The number of hydrogen-bond donors (Lipinski definition) is 0. The Hall–Kier alpha value is -2.74. The fourth-order valence-electron chi connectivity index (χ4n) is 2.66. The molecular formula is C18H19N3O4S. The van der Waals surface area contributed by atoms with Crippen LogP contribution in [0.2, 0.25) is 0 Å². The first-order chi connectivity index (χ1) is 12.4. The van der Waals surface area contributed by atoms with Crippen molar-refractivity contribution in [3.63, 3.8) is 0 Å². The molecule has 0 saturated carbocycles. The van der Waals surface area contributed by atoms with Gasteiger partial charge in [0.05, 0.1) is 16.3 Å². The van der Waals surface area contributed by atoms with Gasteiger partial charge in [0, 0.05) is 6.54 Å². The summed E-state index contributed by atoms with van der Waals surface area (Å²) < 4.78 is 8.01. The molecule has 1 amide bonds. The summed E-state index contributed by atoms with van der Waals surface area (Å²) in [5.41, 5.74) is 2.25. The minimum absolute atomic E-state index is 0.139. The van der Waals surface area contributed by atoms with E-state index in [-0.39, 0.29) is 5.76 Å². The van der Waals surface area contributed by atoms with Gasteiger partial charge >= 0.3 is 11.8 Å². The smallest absolute Gasteiger partial charge is 0.395 e. The lowest BCUT2D eigenvalue weighted by Gasteiger charge is -2.06. The molecule has 26 heavy (non-hydrogen) atoms. The topological polar surface area (TPSA) is 90.6 Å². The van der Waals surface area contributed by atoms with E-state index in [4.69, 9.17) is 4.42 Å². The third-order valence-electron chi connectivity index (χ3n) is 4.00. The van der Waals surface area contributed by atoms with Crippen molar-refractivity contribution in [3.05, 3.63) is 56.6 Å². The number of aromatic nitrogens is 1. The SMILES string of the molecule is CCCn1c(=NC(=O)c2ccc([N+](=O)[O-])o2)sc2cc(C(C)C)ccc21. The molecule has 0 atom stereocenters. The minimum atomic E-state index is -0.680. The number of hydrogen-bond acceptors (Lipinski definition) is 5. The fraction of sp³-hybridized carbons (Fsp3) is 0.333. The van der Waals surface area contributed by atoms with Gasteiger partial charge in [-0.2, -0.15) is 4.99 Å². The lowest BCUT2D eigenvalue weighted by Crippen LogP contribution is -2.16. The zero-order valence-electron chi connectivity index (χ0n) is 14.8. The number of nitro groups is 1. The van der Waals surface area contributed by atoms with Gasteiger partial charge in [0.2, 0.25) is 5.76 Å². The van der Waals surface area contributed by atoms with Crippen LogP contribution in [0.4, 0.5) is 5.88 Å². The Bertz CT molecular complexity index is 1040. The second-order valence-corrected chi connectivity index (χ2v) is 7.24. The van der Waals surface area contributed by atoms with Crippen LogP contribution in [0.25, 0.3) is 10.2 Å². The van der Waals surface area contributed by atoms with Crippen molar-refractivity contribution in [3.8, 4) is 0 Å². The first kappa shape index (κ1) is 18.1. The Labute approximate surface area is 153 Å². The molecule has 3 aromatic rings. The number of amides is 1. The van der Waals surface area contributed by atoms with Crippen LogP contribution in [-0.4, -0.2) is 15.4 Å². The summed E-state index contributed by atoms with van der Waals surface area (Å²) in [6, 6.07) is 8.70. The van der Waals surface area contributed by atoms with Gasteiger partial charge in [-0.15, -0.1) is 0 Å². The normalized spacial score (nSPS) is 12.2. The molecule has 0 radical (unpaired) electrons. The van der Waals surface area contributed by atoms with Crippen LogP contribution in [0.5, 0.6) is 0 Å². The molecule has 0 bridgehead atoms. The monoisotopic (exact) mass is 373 g/mol. The van der Waals surface area contributed by atoms with Crippen LogP contribution < -0.4 is 4.80 Å². The van der Waals surface area contributed by atoms with Crippen molar-refractivity contribution >= 4 is 33.3 Å². The largest absolute Gasteiger partial charge is 0.433 e. The average Bonchev–Trinajstić information content (AvgIpc) is 3.20. The molecule has 0 saturated heterocycles. The molecule has 2 aromatic heterocycles. The maximum Gasteiger partial charge on any atom is 0.433 e. The molecule has 7 nitrogen and oxygen atoms in total. The van der Waals surface area contributed by atoms with Crippen LogP contribution in [0.1, 0.15) is 49.2 Å². The van der Waals surface area contributed by atoms with E-state index >= 15 is 0 Å². The molecule has 0 aliphatic carbocycles. The molecule has 0 fully saturated rings. The highest BCUT2D eigenvalue weighted by Gasteiger charge is 2.17. The van der Waals surface area contributed by atoms with Crippen LogP contribution in [0.3, 0.4) is 0 Å². The molecule has 2 heterocycles. The summed E-state index contributed by atoms with van der Waals surface area (Å²) in [5, 5.41) is 10.7. The van der Waals surface area contributed by atoms with Crippen LogP contribution in [0.15, 0.2) is 39.7 Å². The third-order valence-corrected chi connectivity index (χ3v) is 5.04. The number of thiazole rings is 1. The van der Waals surface area contributed by atoms with Crippen LogP contribution >= 0.6 is 11.3 Å². The number of rotatable bonds is 5. The van der Waals surface area contributed by atoms with E-state index in [0.717, 1.165) is 29.2 Å². The summed E-state index contributed by atoms with van der Waals surface area (Å²) in [7, 11) is 0. The van der Waals surface area contributed by atoms with Gasteiger partial charge < -0.3 is 8.98 Å². The number of fused-ring (bicyclic) bond motifs is 1. The van der Waals surface area contributed by atoms with E-state index in [1.165, 1.54) is 23.0 Å². The predicted octanol–water partition coefficient (Wildman–Crippen LogP) is 4.48. The molecule has 8 heteroatoms. The molecule has 3 rings (SSSR count). The highest BCUT2D eigenvalue weighted by atomic mass is 32.1. The Balaban J connectivity index is 2.09. The van der Waals surface area contributed by atoms with Gasteiger partial charge in [-0.05, 0) is 36.1 Å². The van der Waals surface area contributed by atoms with Crippen molar-refractivity contribution in [2.24, 2.45) is 4.99 Å². The predicted molar refractivity (Wildman–Crippen MR) is 99.5 cm³/mol. The summed E-state index contributed by atoms with van der Waals surface area (Å²) in [6.45, 7) is 7.05. The van der Waals surface area contributed by atoms with E-state index in [0.29, 0.717) is 10.7 Å². The Morgan fingerprint density at radius 1 is 1.35 bits per heavy atom. The van der Waals surface area contributed by atoms with Gasteiger partial charge in [0.15, 0.2) is 4.80 Å². The molecule has 0 aliphatic heterocycles. The first-order valence-electron chi connectivity index (χ1n) is 8.37. The van der Waals surface area contributed by atoms with Gasteiger partial charge in [-0.25, -0.2) is 0 Å². The number of benzene rings is 1. The molecular weight excluding hydrogens is 354 g/mol. The van der Waals surface area contributed by atoms with E-state index < -0.39 is 16.7 Å². The average molecular weight is 373 g/mol. The zero-order chi connectivity index (χ0) is 18.8. The maximum atomic E-state index is 12.4. The molecule has 1 aromatic carbocycles. The Kier molecular flexibility index (Phi) is 5.03. The van der Waals surface area contributed by atoms with E-state index in [1.54, 1.807) is 0 Å². The van der Waals surface area contributed by atoms with Gasteiger partial charge in [-0.1, -0.05) is 38.2 Å². The number of carbonyl (C=O) groups excluding carboxylic acids is 1. The molecule has 0 unspecified atom stereocenters. The summed E-state index contributed by atoms with van der Waals surface area (Å²) in [6.07, 6.45) is 0.894. The lowest BCUT2D eigenvalue weighted by atomic mass is 10.0. The highest BCUT2D eigenvalue weighted by Crippen LogP contribution is 2.24. The molecule has 0 N–H and O–H groups in total.